The largest absolute Gasteiger partial charge is 0.508 e. The Morgan fingerprint density at radius 2 is 2.12 bits per heavy atom. The summed E-state index contributed by atoms with van der Waals surface area (Å²) in [5.74, 6) is -0.679. The van der Waals surface area contributed by atoms with Crippen LogP contribution in [0.2, 0.25) is 0 Å². The van der Waals surface area contributed by atoms with Gasteiger partial charge in [0, 0.05) is 17.4 Å². The molecule has 5 heteroatoms. The number of alkyl halides is 1. The van der Waals surface area contributed by atoms with Crippen LogP contribution in [-0.2, 0) is 9.59 Å². The number of fused-ring (bicyclic) bond motifs is 1. The highest BCUT2D eigenvalue weighted by Gasteiger charge is 2.57. The summed E-state index contributed by atoms with van der Waals surface area (Å²) in [4.78, 5) is 25.7. The van der Waals surface area contributed by atoms with E-state index >= 15 is 0 Å². The third-order valence-corrected chi connectivity index (χ3v) is 6.41. The highest BCUT2D eigenvalue weighted by Crippen LogP contribution is 2.55. The summed E-state index contributed by atoms with van der Waals surface area (Å²) < 4.78 is 4.12. The Morgan fingerprint density at radius 3 is 2.76 bits per heavy atom. The first-order valence-corrected chi connectivity index (χ1v) is 8.79. The Labute approximate surface area is 155 Å². The van der Waals surface area contributed by atoms with Crippen LogP contribution in [0.3, 0.4) is 0 Å². The minimum Gasteiger partial charge on any atom is -0.508 e. The monoisotopic (exact) mass is 402 g/mol. The minimum absolute atomic E-state index is 0.0467. The van der Waals surface area contributed by atoms with Crippen molar-refractivity contribution < 1.29 is 19.4 Å². The standard InChI is InChI=1S/C20H19BrO4/c1-4-12-5-7-15-17(23)9-11(2)19(24)20(15,21)18(12)14-10-13(25-3)6-8-16(14)22/h4-6,8-10,15,18,22H,1,7H2,2-3H3/t15-,18+,20-/m0/s1. The zero-order valence-corrected chi connectivity index (χ0v) is 15.7. The molecule has 0 saturated carbocycles. The molecule has 0 aliphatic heterocycles. The van der Waals surface area contributed by atoms with Crippen LogP contribution in [0.4, 0.5) is 0 Å². The Hall–Kier alpha value is -2.14. The van der Waals surface area contributed by atoms with Crippen molar-refractivity contribution in [1.82, 2.24) is 0 Å². The van der Waals surface area contributed by atoms with Crippen LogP contribution in [0.1, 0.15) is 24.8 Å². The third kappa shape index (κ3) is 2.58. The van der Waals surface area contributed by atoms with Gasteiger partial charge >= 0.3 is 0 Å². The van der Waals surface area contributed by atoms with Gasteiger partial charge in [-0.3, -0.25) is 9.59 Å². The second kappa shape index (κ2) is 6.30. The van der Waals surface area contributed by atoms with E-state index in [9.17, 15) is 14.7 Å². The molecule has 0 aromatic heterocycles. The molecule has 1 N–H and O–H groups in total. The number of benzene rings is 1. The maximum absolute atomic E-state index is 13.1. The normalized spacial score (nSPS) is 28.8. The molecule has 0 spiro atoms. The lowest BCUT2D eigenvalue weighted by atomic mass is 9.62. The zero-order valence-electron chi connectivity index (χ0n) is 14.1. The summed E-state index contributed by atoms with van der Waals surface area (Å²) in [5.41, 5.74) is 1.74. The summed E-state index contributed by atoms with van der Waals surface area (Å²) in [6.07, 6.45) is 5.46. The molecule has 0 bridgehead atoms. The molecule has 2 aliphatic rings. The SMILES string of the molecule is C=CC1=CC[C@H]2C(=O)C=C(C)C(=O)[C@@]2(Br)[C@H]1c1cc(OC)ccc1O. The van der Waals surface area contributed by atoms with E-state index in [0.717, 1.165) is 5.57 Å². The Bertz CT molecular complexity index is 836. The van der Waals surface area contributed by atoms with E-state index in [-0.39, 0.29) is 17.3 Å². The second-order valence-corrected chi connectivity index (χ2v) is 7.69. The molecule has 0 radical (unpaired) electrons. The molecule has 25 heavy (non-hydrogen) atoms. The smallest absolute Gasteiger partial charge is 0.177 e. The molecule has 0 fully saturated rings. The fraction of sp³-hybridized carbons (Fsp3) is 0.300. The van der Waals surface area contributed by atoms with Gasteiger partial charge in [0.1, 0.15) is 15.8 Å². The molecule has 1 aromatic rings. The summed E-state index contributed by atoms with van der Waals surface area (Å²) in [6.45, 7) is 5.50. The number of allylic oxidation sites excluding steroid dienone is 5. The van der Waals surface area contributed by atoms with Crippen LogP contribution in [-0.4, -0.2) is 28.1 Å². The van der Waals surface area contributed by atoms with Crippen LogP contribution in [0.5, 0.6) is 11.5 Å². The van der Waals surface area contributed by atoms with Crippen LogP contribution < -0.4 is 4.74 Å². The van der Waals surface area contributed by atoms with Crippen LogP contribution >= 0.6 is 15.9 Å². The Morgan fingerprint density at radius 1 is 1.40 bits per heavy atom. The molecular weight excluding hydrogens is 384 g/mol. The fourth-order valence-electron chi connectivity index (χ4n) is 3.78. The number of ether oxygens (including phenoxy) is 1. The number of carbonyl (C=O) groups excluding carboxylic acids is 2. The van der Waals surface area contributed by atoms with Gasteiger partial charge < -0.3 is 9.84 Å². The number of halogens is 1. The summed E-state index contributed by atoms with van der Waals surface area (Å²) in [7, 11) is 1.54. The van der Waals surface area contributed by atoms with Gasteiger partial charge in [-0.05, 0) is 48.8 Å². The number of phenols is 1. The van der Waals surface area contributed by atoms with Gasteiger partial charge in [0.2, 0.25) is 0 Å². The lowest BCUT2D eigenvalue weighted by molar-refractivity contribution is -0.128. The van der Waals surface area contributed by atoms with E-state index in [1.165, 1.54) is 19.3 Å². The number of carbonyl (C=O) groups is 2. The van der Waals surface area contributed by atoms with Crippen molar-refractivity contribution in [2.45, 2.75) is 23.6 Å². The summed E-state index contributed by atoms with van der Waals surface area (Å²) in [6, 6.07) is 4.89. The Kier molecular flexibility index (Phi) is 4.45. The van der Waals surface area contributed by atoms with Crippen molar-refractivity contribution in [3.63, 3.8) is 0 Å². The van der Waals surface area contributed by atoms with E-state index in [1.807, 2.05) is 6.08 Å². The lowest BCUT2D eigenvalue weighted by Crippen LogP contribution is -2.53. The third-order valence-electron chi connectivity index (χ3n) is 5.04. The lowest BCUT2D eigenvalue weighted by Gasteiger charge is -2.45. The van der Waals surface area contributed by atoms with Gasteiger partial charge in [0.05, 0.1) is 7.11 Å². The van der Waals surface area contributed by atoms with Crippen molar-refractivity contribution in [2.24, 2.45) is 5.92 Å². The van der Waals surface area contributed by atoms with Gasteiger partial charge in [0.25, 0.3) is 0 Å². The van der Waals surface area contributed by atoms with Gasteiger partial charge in [-0.2, -0.15) is 0 Å². The summed E-state index contributed by atoms with van der Waals surface area (Å²) in [5, 5.41) is 10.5. The quantitative estimate of drug-likeness (QED) is 0.779. The molecule has 2 aliphatic carbocycles. The maximum atomic E-state index is 13.1. The van der Waals surface area contributed by atoms with E-state index in [2.05, 4.69) is 22.5 Å². The minimum atomic E-state index is -1.15. The Balaban J connectivity index is 2.28. The fourth-order valence-corrected chi connectivity index (χ4v) is 5.02. The van der Waals surface area contributed by atoms with E-state index in [0.29, 0.717) is 23.3 Å². The molecule has 0 amide bonds. The van der Waals surface area contributed by atoms with Gasteiger partial charge in [0.15, 0.2) is 11.6 Å². The molecule has 3 rings (SSSR count). The number of hydrogen-bond donors (Lipinski definition) is 1. The topological polar surface area (TPSA) is 63.6 Å². The number of ketones is 2. The van der Waals surface area contributed by atoms with Gasteiger partial charge in [-0.1, -0.05) is 34.7 Å². The molecule has 4 nitrogen and oxygen atoms in total. The van der Waals surface area contributed by atoms with Crippen LogP contribution in [0.25, 0.3) is 0 Å². The first-order chi connectivity index (χ1) is 11.8. The average molecular weight is 403 g/mol. The number of Topliss-reactive ketones (excluding diaryl/α,β-unsaturated/α-hetero) is 1. The molecule has 1 aromatic carbocycles. The van der Waals surface area contributed by atoms with Crippen molar-refractivity contribution in [3.8, 4) is 11.5 Å². The zero-order chi connectivity index (χ0) is 18.4. The number of hydrogen-bond acceptors (Lipinski definition) is 4. The molecule has 0 unspecified atom stereocenters. The van der Waals surface area contributed by atoms with Crippen molar-refractivity contribution in [2.75, 3.05) is 7.11 Å². The molecular formula is C20H19BrO4. The molecule has 130 valence electrons. The van der Waals surface area contributed by atoms with E-state index in [1.54, 1.807) is 25.1 Å². The van der Waals surface area contributed by atoms with E-state index < -0.39 is 16.2 Å². The molecule has 0 saturated heterocycles. The van der Waals surface area contributed by atoms with Crippen molar-refractivity contribution in [1.29, 1.82) is 0 Å². The van der Waals surface area contributed by atoms with Crippen LogP contribution in [0.15, 0.2) is 54.2 Å². The highest BCUT2D eigenvalue weighted by atomic mass is 79.9. The predicted octanol–water partition coefficient (Wildman–Crippen LogP) is 3.85. The number of rotatable bonds is 3. The summed E-state index contributed by atoms with van der Waals surface area (Å²) >= 11 is 3.63. The van der Waals surface area contributed by atoms with Gasteiger partial charge in [-0.15, -0.1) is 0 Å². The number of phenolic OH excluding ortho intramolecular Hbond substituents is 1. The first kappa shape index (κ1) is 17.7. The number of methoxy groups -OCH3 is 1. The molecule has 0 heterocycles. The first-order valence-electron chi connectivity index (χ1n) is 7.99. The predicted molar refractivity (Wildman–Crippen MR) is 99.2 cm³/mol. The highest BCUT2D eigenvalue weighted by molar-refractivity contribution is 9.10. The van der Waals surface area contributed by atoms with Crippen molar-refractivity contribution in [3.05, 3.63) is 59.7 Å². The van der Waals surface area contributed by atoms with Gasteiger partial charge in [-0.25, -0.2) is 0 Å². The van der Waals surface area contributed by atoms with Crippen molar-refractivity contribution >= 4 is 27.5 Å². The maximum Gasteiger partial charge on any atom is 0.177 e. The molecule has 3 atom stereocenters. The average Bonchev–Trinajstić information content (AvgIpc) is 2.60. The van der Waals surface area contributed by atoms with E-state index in [4.69, 9.17) is 4.74 Å². The number of aromatic hydroxyl groups is 1. The second-order valence-electron chi connectivity index (χ2n) is 6.38. The van der Waals surface area contributed by atoms with Crippen LogP contribution in [0, 0.1) is 5.92 Å².